The smallest absolute Gasteiger partial charge is 0.237 e. The van der Waals surface area contributed by atoms with Gasteiger partial charge in [-0.15, -0.1) is 11.3 Å². The van der Waals surface area contributed by atoms with E-state index in [0.29, 0.717) is 0 Å². The maximum Gasteiger partial charge on any atom is 0.237 e. The number of thioether (sulfide) groups is 1. The molecule has 0 aliphatic carbocycles. The number of thiophene rings is 1. The van der Waals surface area contributed by atoms with Gasteiger partial charge in [0.05, 0.1) is 28.7 Å². The second-order valence-corrected chi connectivity index (χ2v) is 10.3. The van der Waals surface area contributed by atoms with Gasteiger partial charge in [0.2, 0.25) is 5.91 Å². The van der Waals surface area contributed by atoms with Crippen molar-refractivity contribution >= 4 is 50.6 Å². The van der Waals surface area contributed by atoms with Crippen LogP contribution in [0.4, 0.5) is 15.8 Å². The van der Waals surface area contributed by atoms with Gasteiger partial charge < -0.3 is 15.0 Å². The van der Waals surface area contributed by atoms with Crippen LogP contribution in [0.2, 0.25) is 0 Å². The number of benzene rings is 2. The fourth-order valence-corrected chi connectivity index (χ4v) is 5.81. The highest BCUT2D eigenvalue weighted by Gasteiger charge is 2.19. The number of fused-ring (bicyclic) bond motifs is 1. The number of hydrogen-bond donors (Lipinski definition) is 1. The molecule has 1 aliphatic rings. The lowest BCUT2D eigenvalue weighted by atomic mass is 10.2. The molecule has 1 fully saturated rings. The average Bonchev–Trinajstić information content (AvgIpc) is 3.31. The molecule has 1 saturated heterocycles. The maximum absolute atomic E-state index is 13.3. The Morgan fingerprint density at radius 2 is 1.85 bits per heavy atom. The molecule has 5 rings (SSSR count). The van der Waals surface area contributed by atoms with Gasteiger partial charge in [-0.1, -0.05) is 23.9 Å². The molecule has 0 spiro atoms. The summed E-state index contributed by atoms with van der Waals surface area (Å²) in [6.07, 6.45) is 1.51. The summed E-state index contributed by atoms with van der Waals surface area (Å²) >= 11 is 2.94. The van der Waals surface area contributed by atoms with Crippen molar-refractivity contribution in [1.29, 1.82) is 0 Å². The van der Waals surface area contributed by atoms with Crippen molar-refractivity contribution < 1.29 is 13.9 Å². The number of amides is 1. The molecule has 1 atom stereocenters. The van der Waals surface area contributed by atoms with Gasteiger partial charge in [-0.2, -0.15) is 0 Å². The van der Waals surface area contributed by atoms with Crippen molar-refractivity contribution in [2.24, 2.45) is 0 Å². The van der Waals surface area contributed by atoms with Crippen LogP contribution < -0.4 is 10.2 Å². The van der Waals surface area contributed by atoms with E-state index in [4.69, 9.17) is 4.74 Å². The van der Waals surface area contributed by atoms with Gasteiger partial charge >= 0.3 is 0 Å². The van der Waals surface area contributed by atoms with Crippen LogP contribution >= 0.6 is 23.1 Å². The van der Waals surface area contributed by atoms with Gasteiger partial charge in [0.25, 0.3) is 0 Å². The third-order valence-corrected chi connectivity index (χ3v) is 7.99. The van der Waals surface area contributed by atoms with Crippen molar-refractivity contribution in [2.45, 2.75) is 17.2 Å². The van der Waals surface area contributed by atoms with E-state index in [1.807, 2.05) is 37.3 Å². The first kappa shape index (κ1) is 22.8. The van der Waals surface area contributed by atoms with E-state index >= 15 is 0 Å². The Morgan fingerprint density at radius 1 is 1.12 bits per heavy atom. The first-order valence-electron chi connectivity index (χ1n) is 11.0. The molecule has 0 saturated carbocycles. The molecule has 0 radical (unpaired) electrons. The molecule has 2 aromatic heterocycles. The van der Waals surface area contributed by atoms with Crippen molar-refractivity contribution in [3.63, 3.8) is 0 Å². The average molecular weight is 495 g/mol. The van der Waals surface area contributed by atoms with Crippen LogP contribution in [0, 0.1) is 5.82 Å². The number of hydrogen-bond acceptors (Lipinski definition) is 7. The second-order valence-electron chi connectivity index (χ2n) is 7.91. The largest absolute Gasteiger partial charge is 0.378 e. The summed E-state index contributed by atoms with van der Waals surface area (Å²) in [4.78, 5) is 24.9. The number of ether oxygens (including phenoxy) is 1. The number of nitrogens with one attached hydrogen (secondary N) is 1. The zero-order valence-corrected chi connectivity index (χ0v) is 20.2. The van der Waals surface area contributed by atoms with Gasteiger partial charge in [-0.05, 0) is 55.0 Å². The molecule has 34 heavy (non-hydrogen) atoms. The fourth-order valence-electron chi connectivity index (χ4n) is 3.72. The molecule has 1 unspecified atom stereocenters. The number of carbonyl (C=O) groups excluding carboxylic acids is 1. The SMILES string of the molecule is CC(Sc1ncnc2cc(-c3ccc(F)cc3)sc12)C(=O)Nc1ccc(N2CCOCC2)cc1. The number of morpholine rings is 1. The van der Waals surface area contributed by atoms with Crippen LogP contribution in [0.5, 0.6) is 0 Å². The van der Waals surface area contributed by atoms with E-state index in [0.717, 1.165) is 63.4 Å². The summed E-state index contributed by atoms with van der Waals surface area (Å²) in [7, 11) is 0. The molecular weight excluding hydrogens is 471 g/mol. The molecular formula is C25H23FN4O2S2. The van der Waals surface area contributed by atoms with E-state index in [9.17, 15) is 9.18 Å². The summed E-state index contributed by atoms with van der Waals surface area (Å²) in [5.74, 6) is -0.359. The van der Waals surface area contributed by atoms with Crippen LogP contribution in [0.15, 0.2) is 66.0 Å². The molecule has 2 aromatic carbocycles. The molecule has 9 heteroatoms. The number of anilines is 2. The van der Waals surface area contributed by atoms with Crippen LogP contribution in [-0.4, -0.2) is 47.4 Å². The van der Waals surface area contributed by atoms with Crippen LogP contribution in [0.1, 0.15) is 6.92 Å². The second kappa shape index (κ2) is 10.1. The topological polar surface area (TPSA) is 67.4 Å². The lowest BCUT2D eigenvalue weighted by Crippen LogP contribution is -2.36. The summed E-state index contributed by atoms with van der Waals surface area (Å²) in [6, 6.07) is 16.3. The molecule has 174 valence electrons. The Labute approximate surface area is 205 Å². The van der Waals surface area contributed by atoms with Gasteiger partial charge in [-0.3, -0.25) is 4.79 Å². The van der Waals surface area contributed by atoms with Crippen molar-refractivity contribution in [1.82, 2.24) is 9.97 Å². The standard InChI is InChI=1S/C25H23FN4O2S2/c1-16(24(31)29-19-6-8-20(9-7-19)30-10-12-32-13-11-30)33-25-23-21(27-15-28-25)14-22(34-23)17-2-4-18(26)5-3-17/h2-9,14-16H,10-13H2,1H3,(H,29,31). The third kappa shape index (κ3) is 5.06. The van der Waals surface area contributed by atoms with Gasteiger partial charge in [0.1, 0.15) is 17.2 Å². The highest BCUT2D eigenvalue weighted by molar-refractivity contribution is 8.00. The first-order chi connectivity index (χ1) is 16.6. The maximum atomic E-state index is 13.3. The lowest BCUT2D eigenvalue weighted by Gasteiger charge is -2.28. The predicted molar refractivity (Wildman–Crippen MR) is 136 cm³/mol. The van der Waals surface area contributed by atoms with Crippen molar-refractivity contribution in [3.05, 3.63) is 66.7 Å². The minimum atomic E-state index is -0.353. The normalized spacial score (nSPS) is 14.8. The highest BCUT2D eigenvalue weighted by atomic mass is 32.2. The zero-order valence-electron chi connectivity index (χ0n) is 18.5. The molecule has 4 aromatic rings. The molecule has 3 heterocycles. The van der Waals surface area contributed by atoms with Gasteiger partial charge in [0.15, 0.2) is 0 Å². The van der Waals surface area contributed by atoms with E-state index < -0.39 is 0 Å². The van der Waals surface area contributed by atoms with E-state index in [1.54, 1.807) is 23.5 Å². The first-order valence-corrected chi connectivity index (χ1v) is 12.7. The number of rotatable bonds is 6. The summed E-state index contributed by atoms with van der Waals surface area (Å²) in [5, 5.41) is 3.40. The Hall–Kier alpha value is -3.01. The Morgan fingerprint density at radius 3 is 2.59 bits per heavy atom. The number of nitrogens with zero attached hydrogens (tertiary/aromatic N) is 3. The Kier molecular flexibility index (Phi) is 6.75. The van der Waals surface area contributed by atoms with Gasteiger partial charge in [0, 0.05) is 29.3 Å². The quantitative estimate of drug-likeness (QED) is 0.284. The summed E-state index contributed by atoms with van der Waals surface area (Å²) in [5.41, 5.74) is 3.62. The lowest BCUT2D eigenvalue weighted by molar-refractivity contribution is -0.115. The molecule has 6 nitrogen and oxygen atoms in total. The predicted octanol–water partition coefficient (Wildman–Crippen LogP) is 5.45. The molecule has 1 aliphatic heterocycles. The third-order valence-electron chi connectivity index (χ3n) is 5.58. The van der Waals surface area contributed by atoms with Crippen LogP contribution in [0.3, 0.4) is 0 Å². The van der Waals surface area contributed by atoms with E-state index in [-0.39, 0.29) is 17.0 Å². The van der Waals surface area contributed by atoms with E-state index in [1.165, 1.54) is 30.2 Å². The number of halogens is 1. The van der Waals surface area contributed by atoms with E-state index in [2.05, 4.69) is 20.2 Å². The summed E-state index contributed by atoms with van der Waals surface area (Å²) < 4.78 is 19.6. The van der Waals surface area contributed by atoms with Crippen molar-refractivity contribution in [3.8, 4) is 10.4 Å². The minimum absolute atomic E-state index is 0.0915. The zero-order chi connectivity index (χ0) is 23.5. The Balaban J connectivity index is 1.27. The minimum Gasteiger partial charge on any atom is -0.378 e. The molecule has 1 N–H and O–H groups in total. The highest BCUT2D eigenvalue weighted by Crippen LogP contribution is 2.38. The Bertz CT molecular complexity index is 1290. The number of carbonyl (C=O) groups is 1. The van der Waals surface area contributed by atoms with Crippen LogP contribution in [0.25, 0.3) is 20.7 Å². The molecule has 1 amide bonds. The van der Waals surface area contributed by atoms with Crippen LogP contribution in [-0.2, 0) is 9.53 Å². The number of aromatic nitrogens is 2. The van der Waals surface area contributed by atoms with Gasteiger partial charge in [-0.25, -0.2) is 14.4 Å². The fraction of sp³-hybridized carbons (Fsp3) is 0.240. The molecule has 0 bridgehead atoms. The summed E-state index contributed by atoms with van der Waals surface area (Å²) in [6.45, 7) is 5.08. The monoisotopic (exact) mass is 494 g/mol. The van der Waals surface area contributed by atoms with Crippen molar-refractivity contribution in [2.75, 3.05) is 36.5 Å².